The third-order valence-corrected chi connectivity index (χ3v) is 5.69. The fourth-order valence-corrected chi connectivity index (χ4v) is 3.93. The average Bonchev–Trinajstić information content (AvgIpc) is 3.00. The summed E-state index contributed by atoms with van der Waals surface area (Å²) in [6, 6.07) is 7.99. The van der Waals surface area contributed by atoms with Crippen LogP contribution in [0.15, 0.2) is 42.6 Å². The fourth-order valence-electron chi connectivity index (χ4n) is 3.93. The summed E-state index contributed by atoms with van der Waals surface area (Å²) in [6.07, 6.45) is 0.0412. The van der Waals surface area contributed by atoms with Gasteiger partial charge >= 0.3 is 6.18 Å². The molecular formula is C22H26F3N3O. The van der Waals surface area contributed by atoms with E-state index in [1.807, 2.05) is 50.0 Å². The number of hydrogen-bond acceptors (Lipinski definition) is 2. The number of carbonyl (C=O) groups excluding carboxylic acids is 1. The van der Waals surface area contributed by atoms with Gasteiger partial charge in [0.2, 0.25) is 5.91 Å². The molecule has 0 fully saturated rings. The van der Waals surface area contributed by atoms with Gasteiger partial charge in [-0.1, -0.05) is 30.3 Å². The zero-order valence-electron chi connectivity index (χ0n) is 16.9. The number of aromatic nitrogens is 2. The standard InChI is InChI=1S/C22H26F3N3O/c1-15-19(13-26-27(15)3)20-14-28(16(2)17-9-6-7-10-18(17)20)21(29)11-5-4-8-12-22(23,24)25/h5-7,9-11,13,16,20H,4,8,12,14H2,1-3H3/b11-5+/t16-,20-/m0/s1. The summed E-state index contributed by atoms with van der Waals surface area (Å²) in [7, 11) is 1.89. The van der Waals surface area contributed by atoms with Gasteiger partial charge in [0, 0.05) is 37.2 Å². The summed E-state index contributed by atoms with van der Waals surface area (Å²) >= 11 is 0. The second-order valence-electron chi connectivity index (χ2n) is 7.57. The molecule has 2 aromatic rings. The topological polar surface area (TPSA) is 38.1 Å². The third kappa shape index (κ3) is 4.71. The Balaban J connectivity index is 1.80. The number of aryl methyl sites for hydroxylation is 1. The van der Waals surface area contributed by atoms with E-state index in [2.05, 4.69) is 11.2 Å². The van der Waals surface area contributed by atoms with Crippen molar-refractivity contribution < 1.29 is 18.0 Å². The number of rotatable bonds is 5. The molecule has 0 aliphatic carbocycles. The van der Waals surface area contributed by atoms with Gasteiger partial charge in [-0.05, 0) is 43.9 Å². The molecule has 3 rings (SSSR count). The highest BCUT2D eigenvalue weighted by atomic mass is 19.4. The van der Waals surface area contributed by atoms with Crippen molar-refractivity contribution in [2.45, 2.75) is 51.2 Å². The van der Waals surface area contributed by atoms with Crippen molar-refractivity contribution in [2.75, 3.05) is 6.54 Å². The molecule has 156 valence electrons. The van der Waals surface area contributed by atoms with Gasteiger partial charge in [0.15, 0.2) is 0 Å². The van der Waals surface area contributed by atoms with Crippen molar-refractivity contribution in [3.05, 3.63) is 65.0 Å². The average molecular weight is 405 g/mol. The van der Waals surface area contributed by atoms with E-state index in [0.29, 0.717) is 6.54 Å². The zero-order valence-corrected chi connectivity index (χ0v) is 16.9. The first-order valence-electron chi connectivity index (χ1n) is 9.80. The van der Waals surface area contributed by atoms with Crippen LogP contribution in [0.2, 0.25) is 0 Å². The first-order chi connectivity index (χ1) is 13.7. The van der Waals surface area contributed by atoms with E-state index in [0.717, 1.165) is 16.8 Å². The molecule has 0 bridgehead atoms. The van der Waals surface area contributed by atoms with Crippen molar-refractivity contribution in [3.8, 4) is 0 Å². The van der Waals surface area contributed by atoms with Crippen LogP contribution >= 0.6 is 0 Å². The molecule has 1 aromatic carbocycles. The zero-order chi connectivity index (χ0) is 21.2. The maximum absolute atomic E-state index is 12.8. The Morgan fingerprint density at radius 2 is 1.93 bits per heavy atom. The van der Waals surface area contributed by atoms with E-state index in [1.165, 1.54) is 11.6 Å². The van der Waals surface area contributed by atoms with Crippen molar-refractivity contribution in [3.63, 3.8) is 0 Å². The van der Waals surface area contributed by atoms with Crippen LogP contribution in [0.4, 0.5) is 13.2 Å². The molecule has 1 amide bonds. The Hall–Kier alpha value is -2.57. The van der Waals surface area contributed by atoms with Crippen molar-refractivity contribution >= 4 is 5.91 Å². The molecule has 2 heterocycles. The summed E-state index contributed by atoms with van der Waals surface area (Å²) < 4.78 is 38.6. The predicted octanol–water partition coefficient (Wildman–Crippen LogP) is 5.05. The maximum atomic E-state index is 12.8. The van der Waals surface area contributed by atoms with Crippen molar-refractivity contribution in [1.82, 2.24) is 14.7 Å². The number of hydrogen-bond donors (Lipinski definition) is 0. The van der Waals surface area contributed by atoms with Gasteiger partial charge in [0.1, 0.15) is 0 Å². The Kier molecular flexibility index (Phi) is 6.15. The van der Waals surface area contributed by atoms with Crippen LogP contribution in [0.5, 0.6) is 0 Å². The lowest BCUT2D eigenvalue weighted by atomic mass is 9.82. The fraction of sp³-hybridized carbons (Fsp3) is 0.455. The molecular weight excluding hydrogens is 379 g/mol. The monoisotopic (exact) mass is 405 g/mol. The van der Waals surface area contributed by atoms with Crippen LogP contribution in [-0.4, -0.2) is 33.3 Å². The lowest BCUT2D eigenvalue weighted by Crippen LogP contribution is -2.40. The second kappa shape index (κ2) is 8.43. The first kappa shape index (κ1) is 21.1. The van der Waals surface area contributed by atoms with E-state index >= 15 is 0 Å². The molecule has 1 aliphatic rings. The summed E-state index contributed by atoms with van der Waals surface area (Å²) in [6.45, 7) is 4.51. The summed E-state index contributed by atoms with van der Waals surface area (Å²) in [5.74, 6) is -0.163. The summed E-state index contributed by atoms with van der Waals surface area (Å²) in [5.41, 5.74) is 4.41. The summed E-state index contributed by atoms with van der Waals surface area (Å²) in [4.78, 5) is 14.6. The number of alkyl halides is 3. The molecule has 4 nitrogen and oxygen atoms in total. The molecule has 0 saturated heterocycles. The number of halogens is 3. The molecule has 0 N–H and O–H groups in total. The van der Waals surface area contributed by atoms with Crippen LogP contribution in [0, 0.1) is 6.92 Å². The van der Waals surface area contributed by atoms with Crippen molar-refractivity contribution in [2.24, 2.45) is 7.05 Å². The molecule has 0 unspecified atom stereocenters. The smallest absolute Gasteiger partial charge is 0.331 e. The third-order valence-electron chi connectivity index (χ3n) is 5.69. The van der Waals surface area contributed by atoms with Gasteiger partial charge in [-0.15, -0.1) is 0 Å². The molecule has 29 heavy (non-hydrogen) atoms. The minimum absolute atomic E-state index is 0.0107. The normalized spacial score (nSPS) is 19.6. The Morgan fingerprint density at radius 1 is 1.24 bits per heavy atom. The van der Waals surface area contributed by atoms with Gasteiger partial charge < -0.3 is 4.90 Å². The quantitative estimate of drug-likeness (QED) is 0.516. The lowest BCUT2D eigenvalue weighted by Gasteiger charge is -2.39. The molecule has 7 heteroatoms. The van der Waals surface area contributed by atoms with E-state index < -0.39 is 12.6 Å². The van der Waals surface area contributed by atoms with E-state index in [4.69, 9.17) is 0 Å². The van der Waals surface area contributed by atoms with Crippen LogP contribution in [-0.2, 0) is 11.8 Å². The van der Waals surface area contributed by atoms with Gasteiger partial charge in [0.05, 0.1) is 12.2 Å². The Morgan fingerprint density at radius 3 is 2.55 bits per heavy atom. The molecule has 0 spiro atoms. The molecule has 0 saturated carbocycles. The van der Waals surface area contributed by atoms with E-state index in [-0.39, 0.29) is 30.7 Å². The lowest BCUT2D eigenvalue weighted by molar-refractivity contribution is -0.135. The highest BCUT2D eigenvalue weighted by Crippen LogP contribution is 2.40. The number of allylic oxidation sites excluding steroid dienone is 1. The number of benzene rings is 1. The predicted molar refractivity (Wildman–Crippen MR) is 105 cm³/mol. The molecule has 1 aliphatic heterocycles. The Bertz CT molecular complexity index is 901. The second-order valence-corrected chi connectivity index (χ2v) is 7.57. The maximum Gasteiger partial charge on any atom is 0.389 e. The van der Waals surface area contributed by atoms with Gasteiger partial charge in [0.25, 0.3) is 0 Å². The van der Waals surface area contributed by atoms with Crippen LogP contribution in [0.25, 0.3) is 0 Å². The minimum atomic E-state index is -4.16. The summed E-state index contributed by atoms with van der Waals surface area (Å²) in [5, 5.41) is 4.35. The number of unbranched alkanes of at least 4 members (excludes halogenated alkanes) is 1. The van der Waals surface area contributed by atoms with E-state index in [1.54, 1.807) is 11.0 Å². The highest BCUT2D eigenvalue weighted by Gasteiger charge is 2.34. The van der Waals surface area contributed by atoms with Gasteiger partial charge in [-0.3, -0.25) is 9.48 Å². The van der Waals surface area contributed by atoms with Crippen LogP contribution < -0.4 is 0 Å². The van der Waals surface area contributed by atoms with Crippen LogP contribution in [0.1, 0.15) is 60.5 Å². The molecule has 1 aromatic heterocycles. The first-order valence-corrected chi connectivity index (χ1v) is 9.80. The largest absolute Gasteiger partial charge is 0.389 e. The van der Waals surface area contributed by atoms with Gasteiger partial charge in [-0.25, -0.2) is 0 Å². The number of nitrogens with zero attached hydrogens (tertiary/aromatic N) is 3. The SMILES string of the molecule is Cc1c([C@H]2CN(C(=O)/C=C/CCCC(F)(F)F)[C@@H](C)c3ccccc32)cnn1C. The van der Waals surface area contributed by atoms with E-state index in [9.17, 15) is 18.0 Å². The Labute approximate surface area is 169 Å². The highest BCUT2D eigenvalue weighted by molar-refractivity contribution is 5.88. The van der Waals surface area contributed by atoms with Crippen molar-refractivity contribution in [1.29, 1.82) is 0 Å². The van der Waals surface area contributed by atoms with Gasteiger partial charge in [-0.2, -0.15) is 18.3 Å². The number of carbonyl (C=O) groups is 1. The minimum Gasteiger partial charge on any atom is -0.331 e. The molecule has 2 atom stereocenters. The molecule has 0 radical (unpaired) electrons. The number of amides is 1. The number of fused-ring (bicyclic) bond motifs is 1. The van der Waals surface area contributed by atoms with Crippen LogP contribution in [0.3, 0.4) is 0 Å².